The van der Waals surface area contributed by atoms with Crippen molar-refractivity contribution in [2.45, 2.75) is 26.4 Å². The summed E-state index contributed by atoms with van der Waals surface area (Å²) in [5.41, 5.74) is 5.28. The van der Waals surface area contributed by atoms with Crippen LogP contribution in [0.5, 0.6) is 0 Å². The van der Waals surface area contributed by atoms with Crippen molar-refractivity contribution < 1.29 is 0 Å². The van der Waals surface area contributed by atoms with Crippen LogP contribution in [-0.2, 0) is 19.5 Å². The highest BCUT2D eigenvalue weighted by atomic mass is 15.1. The molecule has 2 aromatic rings. The van der Waals surface area contributed by atoms with E-state index in [0.29, 0.717) is 0 Å². The molecule has 0 aliphatic rings. The molecule has 0 spiro atoms. The topological polar surface area (TPSA) is 15.3 Å². The minimum atomic E-state index is 0.963. The van der Waals surface area contributed by atoms with Crippen LogP contribution >= 0.6 is 0 Å². The molecule has 2 aromatic carbocycles. The van der Waals surface area contributed by atoms with Gasteiger partial charge in [0.15, 0.2) is 0 Å². The van der Waals surface area contributed by atoms with Crippen molar-refractivity contribution in [2.75, 3.05) is 19.4 Å². The first-order valence-electron chi connectivity index (χ1n) is 7.24. The van der Waals surface area contributed by atoms with Gasteiger partial charge < -0.3 is 5.32 Å². The van der Waals surface area contributed by atoms with Crippen molar-refractivity contribution in [2.24, 2.45) is 0 Å². The first-order valence-corrected chi connectivity index (χ1v) is 7.24. The van der Waals surface area contributed by atoms with E-state index < -0.39 is 0 Å². The largest absolute Gasteiger partial charge is 0.388 e. The van der Waals surface area contributed by atoms with Crippen molar-refractivity contribution in [3.8, 4) is 0 Å². The van der Waals surface area contributed by atoms with Gasteiger partial charge in [-0.2, -0.15) is 0 Å². The average molecular weight is 268 g/mol. The third-order valence-corrected chi connectivity index (χ3v) is 3.55. The summed E-state index contributed by atoms with van der Waals surface area (Å²) in [6.07, 6.45) is 1.10. The third kappa shape index (κ3) is 4.10. The first-order chi connectivity index (χ1) is 9.71. The molecule has 0 saturated heterocycles. The van der Waals surface area contributed by atoms with Crippen LogP contribution in [0.25, 0.3) is 0 Å². The van der Waals surface area contributed by atoms with Gasteiger partial charge in [-0.3, -0.25) is 4.90 Å². The molecule has 0 unspecified atom stereocenters. The number of nitrogens with one attached hydrogen (secondary N) is 1. The molecule has 0 aliphatic heterocycles. The second kappa shape index (κ2) is 7.11. The van der Waals surface area contributed by atoms with Crippen molar-refractivity contribution in [1.29, 1.82) is 0 Å². The fraction of sp³-hybridized carbons (Fsp3) is 0.333. The molecule has 2 rings (SSSR count). The maximum Gasteiger partial charge on any atom is 0.0340 e. The number of rotatable bonds is 6. The Hall–Kier alpha value is -1.80. The lowest BCUT2D eigenvalue weighted by atomic mass is 10.1. The van der Waals surface area contributed by atoms with Crippen LogP contribution in [0.2, 0.25) is 0 Å². The monoisotopic (exact) mass is 268 g/mol. The first kappa shape index (κ1) is 14.6. The number of hydrogen-bond donors (Lipinski definition) is 1. The average Bonchev–Trinajstić information content (AvgIpc) is 2.48. The van der Waals surface area contributed by atoms with Crippen molar-refractivity contribution in [1.82, 2.24) is 4.90 Å². The van der Waals surface area contributed by atoms with Gasteiger partial charge in [-0.25, -0.2) is 0 Å². The van der Waals surface area contributed by atoms with Gasteiger partial charge in [0.05, 0.1) is 0 Å². The Bertz CT molecular complexity index is 531. The highest BCUT2D eigenvalue weighted by molar-refractivity contribution is 5.44. The Morgan fingerprint density at radius 2 is 1.55 bits per heavy atom. The van der Waals surface area contributed by atoms with Gasteiger partial charge in [-0.05, 0) is 42.3 Å². The molecule has 0 aromatic heterocycles. The number of aryl methyl sites for hydroxylation is 1. The van der Waals surface area contributed by atoms with Crippen LogP contribution in [0.15, 0.2) is 48.5 Å². The van der Waals surface area contributed by atoms with E-state index in [-0.39, 0.29) is 0 Å². The fourth-order valence-corrected chi connectivity index (χ4v) is 2.38. The van der Waals surface area contributed by atoms with Crippen molar-refractivity contribution >= 4 is 5.69 Å². The van der Waals surface area contributed by atoms with Gasteiger partial charge in [0, 0.05) is 25.8 Å². The Morgan fingerprint density at radius 3 is 2.20 bits per heavy atom. The number of nitrogens with zero attached hydrogens (tertiary/aromatic N) is 1. The molecule has 20 heavy (non-hydrogen) atoms. The zero-order valence-corrected chi connectivity index (χ0v) is 12.7. The van der Waals surface area contributed by atoms with Gasteiger partial charge in [0.1, 0.15) is 0 Å². The van der Waals surface area contributed by atoms with E-state index in [9.17, 15) is 0 Å². The smallest absolute Gasteiger partial charge is 0.0340 e. The maximum absolute atomic E-state index is 3.18. The Balaban J connectivity index is 1.95. The zero-order valence-electron chi connectivity index (χ0n) is 12.7. The second-order valence-electron chi connectivity index (χ2n) is 5.29. The van der Waals surface area contributed by atoms with E-state index in [4.69, 9.17) is 0 Å². The summed E-state index contributed by atoms with van der Waals surface area (Å²) in [6.45, 7) is 4.13. The quantitative estimate of drug-likeness (QED) is 0.854. The van der Waals surface area contributed by atoms with Gasteiger partial charge >= 0.3 is 0 Å². The Morgan fingerprint density at radius 1 is 0.900 bits per heavy atom. The SMILES string of the molecule is CCc1ccc(CN(C)Cc2cccc(NC)c2)cc1. The lowest BCUT2D eigenvalue weighted by Crippen LogP contribution is -2.17. The van der Waals surface area contributed by atoms with E-state index in [0.717, 1.165) is 19.5 Å². The molecule has 0 aliphatic carbocycles. The van der Waals surface area contributed by atoms with E-state index in [2.05, 4.69) is 72.7 Å². The van der Waals surface area contributed by atoms with Crippen LogP contribution in [-0.4, -0.2) is 19.0 Å². The highest BCUT2D eigenvalue weighted by Gasteiger charge is 2.02. The summed E-state index contributed by atoms with van der Waals surface area (Å²) in [5, 5.41) is 3.18. The Kier molecular flexibility index (Phi) is 5.19. The van der Waals surface area contributed by atoms with Gasteiger partial charge in [-0.15, -0.1) is 0 Å². The normalized spacial score (nSPS) is 10.8. The highest BCUT2D eigenvalue weighted by Crippen LogP contribution is 2.13. The van der Waals surface area contributed by atoms with Crippen molar-refractivity contribution in [3.63, 3.8) is 0 Å². The molecule has 0 saturated carbocycles. The zero-order chi connectivity index (χ0) is 14.4. The minimum absolute atomic E-state index is 0.963. The molecule has 0 atom stereocenters. The van der Waals surface area contributed by atoms with E-state index in [1.54, 1.807) is 0 Å². The van der Waals surface area contributed by atoms with E-state index in [1.807, 2.05) is 7.05 Å². The summed E-state index contributed by atoms with van der Waals surface area (Å²) in [6, 6.07) is 17.5. The Labute approximate surface area is 122 Å². The van der Waals surface area contributed by atoms with Crippen LogP contribution in [0.4, 0.5) is 5.69 Å². The molecule has 0 radical (unpaired) electrons. The van der Waals surface area contributed by atoms with Gasteiger partial charge in [-0.1, -0.05) is 43.3 Å². The molecule has 0 heterocycles. The summed E-state index contributed by atoms with van der Waals surface area (Å²) in [5.74, 6) is 0. The molecular weight excluding hydrogens is 244 g/mol. The molecular formula is C18H24N2. The predicted octanol–water partition coefficient (Wildman–Crippen LogP) is 3.92. The molecule has 1 N–H and O–H groups in total. The van der Waals surface area contributed by atoms with Gasteiger partial charge in [0.25, 0.3) is 0 Å². The molecule has 2 nitrogen and oxygen atoms in total. The fourth-order valence-electron chi connectivity index (χ4n) is 2.38. The summed E-state index contributed by atoms with van der Waals surface area (Å²) < 4.78 is 0. The molecule has 0 bridgehead atoms. The standard InChI is InChI=1S/C18H24N2/c1-4-15-8-10-16(11-9-15)13-20(3)14-17-6-5-7-18(12-17)19-2/h5-12,19H,4,13-14H2,1-3H3. The maximum atomic E-state index is 3.18. The summed E-state index contributed by atoms with van der Waals surface area (Å²) >= 11 is 0. The van der Waals surface area contributed by atoms with E-state index in [1.165, 1.54) is 22.4 Å². The lowest BCUT2D eigenvalue weighted by Gasteiger charge is -2.17. The number of hydrogen-bond acceptors (Lipinski definition) is 2. The predicted molar refractivity (Wildman–Crippen MR) is 87.0 cm³/mol. The van der Waals surface area contributed by atoms with Crippen LogP contribution in [0, 0.1) is 0 Å². The third-order valence-electron chi connectivity index (χ3n) is 3.55. The molecule has 0 fully saturated rings. The van der Waals surface area contributed by atoms with E-state index >= 15 is 0 Å². The number of anilines is 1. The van der Waals surface area contributed by atoms with Crippen LogP contribution in [0.3, 0.4) is 0 Å². The number of benzene rings is 2. The summed E-state index contributed by atoms with van der Waals surface area (Å²) in [7, 11) is 4.12. The second-order valence-corrected chi connectivity index (χ2v) is 5.29. The molecule has 0 amide bonds. The summed E-state index contributed by atoms with van der Waals surface area (Å²) in [4.78, 5) is 2.34. The van der Waals surface area contributed by atoms with Crippen LogP contribution < -0.4 is 5.32 Å². The molecule has 106 valence electrons. The van der Waals surface area contributed by atoms with Crippen LogP contribution in [0.1, 0.15) is 23.6 Å². The van der Waals surface area contributed by atoms with Gasteiger partial charge in [0.2, 0.25) is 0 Å². The lowest BCUT2D eigenvalue weighted by molar-refractivity contribution is 0.319. The van der Waals surface area contributed by atoms with Crippen molar-refractivity contribution in [3.05, 3.63) is 65.2 Å². The molecule has 2 heteroatoms. The minimum Gasteiger partial charge on any atom is -0.388 e.